The van der Waals surface area contributed by atoms with Gasteiger partial charge in [0.2, 0.25) is 0 Å². The topological polar surface area (TPSA) is 24.8 Å². The van der Waals surface area contributed by atoms with Gasteiger partial charge in [0.15, 0.2) is 0 Å². The molecule has 1 saturated carbocycles. The van der Waals surface area contributed by atoms with Crippen molar-refractivity contribution >= 4 is 5.71 Å². The van der Waals surface area contributed by atoms with Crippen LogP contribution in [0.2, 0.25) is 0 Å². The first-order chi connectivity index (χ1) is 17.4. The molecule has 2 fully saturated rings. The maximum absolute atomic E-state index is 14.0. The fourth-order valence-electron chi connectivity index (χ4n) is 4.71. The molecule has 1 aliphatic heterocycles. The molecule has 2 aliphatic rings. The Hall–Kier alpha value is -2.34. The molecule has 2 aromatic rings. The molecule has 0 bridgehead atoms. The van der Waals surface area contributed by atoms with Crippen molar-refractivity contribution in [2.24, 2.45) is 5.16 Å². The van der Waals surface area contributed by atoms with Gasteiger partial charge in [0.25, 0.3) is 0 Å². The molecule has 34 heavy (non-hydrogen) atoms. The van der Waals surface area contributed by atoms with E-state index in [1.165, 1.54) is 29.7 Å². The predicted octanol–water partition coefficient (Wildman–Crippen LogP) is 7.46. The van der Waals surface area contributed by atoms with Crippen molar-refractivity contribution in [1.29, 1.82) is 0 Å². The summed E-state index contributed by atoms with van der Waals surface area (Å²) in [5, 5.41) is 3.97. The molecular formula is C28H35F3N2O. The lowest BCUT2D eigenvalue weighted by Crippen LogP contribution is -2.36. The van der Waals surface area contributed by atoms with Gasteiger partial charge in [-0.05, 0) is 91.5 Å². The van der Waals surface area contributed by atoms with E-state index in [1.807, 2.05) is 12.1 Å². The highest BCUT2D eigenvalue weighted by Crippen LogP contribution is 2.41. The van der Waals surface area contributed by atoms with E-state index in [1.54, 1.807) is 6.92 Å². The van der Waals surface area contributed by atoms with E-state index in [2.05, 4.69) is 23.0 Å². The summed E-state index contributed by atoms with van der Waals surface area (Å²) in [4.78, 5) is 7.58. The number of hydrogen-bond acceptors (Lipinski definition) is 3. The number of nitrogens with zero attached hydrogens (tertiary/aromatic N) is 2. The molecule has 1 aliphatic carbocycles. The van der Waals surface area contributed by atoms with E-state index in [0.717, 1.165) is 44.1 Å². The Morgan fingerprint density at radius 3 is 2.50 bits per heavy atom. The number of alkyl halides is 3. The number of aryl methyl sites for hydroxylation is 1. The molecule has 184 valence electrons. The second-order valence-corrected chi connectivity index (χ2v) is 9.26. The Balaban J connectivity index is 1.56. The molecule has 0 amide bonds. The minimum Gasteiger partial charge on any atom is -0.391 e. The van der Waals surface area contributed by atoms with Crippen molar-refractivity contribution in [1.82, 2.24) is 4.90 Å². The van der Waals surface area contributed by atoms with Gasteiger partial charge in [0, 0.05) is 7.92 Å². The van der Waals surface area contributed by atoms with Crippen molar-refractivity contribution in [3.05, 3.63) is 69.8 Å². The van der Waals surface area contributed by atoms with E-state index in [9.17, 15) is 13.2 Å². The predicted molar refractivity (Wildman–Crippen MR) is 130 cm³/mol. The largest absolute Gasteiger partial charge is 0.416 e. The fraction of sp³-hybridized carbons (Fsp3) is 0.536. The molecule has 0 aromatic heterocycles. The zero-order chi connectivity index (χ0) is 26.8. The molecule has 4 rings (SSSR count). The Bertz CT molecular complexity index is 1140. The van der Waals surface area contributed by atoms with Gasteiger partial charge in [-0.2, -0.15) is 13.2 Å². The zero-order valence-electron chi connectivity index (χ0n) is 23.0. The average Bonchev–Trinajstić information content (AvgIpc) is 2.84. The standard InChI is InChI=1S/C28H35F3N2O/c1-3-22-17-24(11-12-25(22)18-33-14-7-15-33)20(2)32-34-19-21-10-13-26(23-8-5-4-6-9-23)27(16-21)28(29,30)31/h10-13,16-17,23H,3-9,14-15,18-19H2,1-2H3/b32-20+/i19D2,23D. The third-order valence-corrected chi connectivity index (χ3v) is 6.86. The lowest BCUT2D eigenvalue weighted by molar-refractivity contribution is -0.138. The lowest BCUT2D eigenvalue weighted by Gasteiger charge is -2.31. The highest BCUT2D eigenvalue weighted by molar-refractivity contribution is 5.98. The van der Waals surface area contributed by atoms with Crippen LogP contribution in [0.4, 0.5) is 13.2 Å². The number of likely N-dealkylation sites (tertiary alicyclic amines) is 1. The Labute approximate surface area is 205 Å². The normalized spacial score (nSPS) is 20.7. The first-order valence-corrected chi connectivity index (χ1v) is 12.2. The smallest absolute Gasteiger partial charge is 0.391 e. The van der Waals surface area contributed by atoms with E-state index in [0.29, 0.717) is 31.4 Å². The van der Waals surface area contributed by atoms with Gasteiger partial charge in [-0.25, -0.2) is 0 Å². The van der Waals surface area contributed by atoms with Crippen LogP contribution in [0.5, 0.6) is 0 Å². The van der Waals surface area contributed by atoms with E-state index in [-0.39, 0.29) is 11.1 Å². The summed E-state index contributed by atoms with van der Waals surface area (Å²) in [6, 6.07) is 9.31. The number of oxime groups is 1. The van der Waals surface area contributed by atoms with Crippen LogP contribution < -0.4 is 0 Å². The van der Waals surface area contributed by atoms with Crippen LogP contribution in [0.15, 0.2) is 41.6 Å². The van der Waals surface area contributed by atoms with Crippen molar-refractivity contribution in [3.8, 4) is 0 Å². The van der Waals surface area contributed by atoms with Gasteiger partial charge in [0.1, 0.15) is 6.56 Å². The minimum absolute atomic E-state index is 0.0932. The molecule has 0 N–H and O–H groups in total. The van der Waals surface area contributed by atoms with E-state index < -0.39 is 24.2 Å². The second kappa shape index (κ2) is 10.9. The van der Waals surface area contributed by atoms with Crippen molar-refractivity contribution < 1.29 is 22.1 Å². The van der Waals surface area contributed by atoms with Crippen molar-refractivity contribution in [2.45, 2.75) is 84.0 Å². The quantitative estimate of drug-likeness (QED) is 0.292. The van der Waals surface area contributed by atoms with Gasteiger partial charge >= 0.3 is 6.18 Å². The zero-order valence-corrected chi connectivity index (χ0v) is 20.0. The summed E-state index contributed by atoms with van der Waals surface area (Å²) in [7, 11) is 0. The van der Waals surface area contributed by atoms with Crippen LogP contribution in [0.25, 0.3) is 0 Å². The van der Waals surface area contributed by atoms with Gasteiger partial charge in [-0.3, -0.25) is 4.90 Å². The van der Waals surface area contributed by atoms with Crippen molar-refractivity contribution in [3.63, 3.8) is 0 Å². The summed E-state index contributed by atoms with van der Waals surface area (Å²) in [5.41, 5.74) is 2.30. The molecule has 0 unspecified atom stereocenters. The first kappa shape index (κ1) is 21.0. The maximum Gasteiger partial charge on any atom is 0.416 e. The Kier molecular flexibility index (Phi) is 6.75. The minimum atomic E-state index is -4.71. The number of benzene rings is 2. The van der Waals surface area contributed by atoms with Crippen LogP contribution in [0.3, 0.4) is 0 Å². The molecule has 0 atom stereocenters. The maximum atomic E-state index is 14.0. The van der Waals surface area contributed by atoms with Crippen LogP contribution in [0.1, 0.15) is 95.8 Å². The van der Waals surface area contributed by atoms with E-state index >= 15 is 0 Å². The molecule has 3 nitrogen and oxygen atoms in total. The van der Waals surface area contributed by atoms with Crippen molar-refractivity contribution in [2.75, 3.05) is 13.1 Å². The molecule has 1 heterocycles. The first-order valence-electron chi connectivity index (χ1n) is 13.7. The Morgan fingerprint density at radius 1 is 1.09 bits per heavy atom. The van der Waals surface area contributed by atoms with Gasteiger partial charge in [-0.15, -0.1) is 0 Å². The number of hydrogen-bond donors (Lipinski definition) is 0. The molecular weight excluding hydrogens is 437 g/mol. The summed E-state index contributed by atoms with van der Waals surface area (Å²) in [5.74, 6) is -1.32. The second-order valence-electron chi connectivity index (χ2n) is 9.26. The number of halogens is 3. The van der Waals surface area contributed by atoms with Gasteiger partial charge in [0.05, 0.1) is 14.0 Å². The summed E-state index contributed by atoms with van der Waals surface area (Å²) in [6.45, 7) is 4.30. The third kappa shape index (κ3) is 6.01. The molecule has 6 heteroatoms. The third-order valence-electron chi connectivity index (χ3n) is 6.86. The fourth-order valence-corrected chi connectivity index (χ4v) is 4.71. The molecule has 1 saturated heterocycles. The average molecular weight is 476 g/mol. The van der Waals surface area contributed by atoms with Crippen LogP contribution in [-0.2, 0) is 30.5 Å². The molecule has 0 radical (unpaired) electrons. The van der Waals surface area contributed by atoms with E-state index in [4.69, 9.17) is 8.95 Å². The summed E-state index contributed by atoms with van der Waals surface area (Å²) >= 11 is 0. The van der Waals surface area contributed by atoms with Gasteiger partial charge in [-0.1, -0.05) is 55.6 Å². The summed E-state index contributed by atoms with van der Waals surface area (Å²) in [6.07, 6.45) is 0.406. The monoisotopic (exact) mass is 475 g/mol. The van der Waals surface area contributed by atoms with Crippen LogP contribution >= 0.6 is 0 Å². The highest BCUT2D eigenvalue weighted by atomic mass is 19.4. The van der Waals surface area contributed by atoms with Gasteiger partial charge < -0.3 is 4.84 Å². The van der Waals surface area contributed by atoms with Crippen LogP contribution in [-0.4, -0.2) is 23.7 Å². The SMILES string of the molecule is [2H]C1(c2ccc(C([2H])([2H])O/N=C(\C)c3ccc(CN4CCC4)c(CC)c3)cc2C(F)(F)F)CCCCC1. The highest BCUT2D eigenvalue weighted by Gasteiger charge is 2.35. The lowest BCUT2D eigenvalue weighted by atomic mass is 9.81. The molecule has 0 spiro atoms. The van der Waals surface area contributed by atoms with Crippen LogP contribution in [0, 0.1) is 0 Å². The number of rotatable bonds is 8. The molecule has 2 aromatic carbocycles. The summed E-state index contributed by atoms with van der Waals surface area (Å²) < 4.78 is 67.4. The Morgan fingerprint density at radius 2 is 1.85 bits per heavy atom.